The summed E-state index contributed by atoms with van der Waals surface area (Å²) in [5.74, 6) is 0.383. The molecular weight excluding hydrogens is 335 g/mol. The number of benzene rings is 1. The third-order valence-corrected chi connectivity index (χ3v) is 5.31. The van der Waals surface area contributed by atoms with E-state index < -0.39 is 8.38 Å². The van der Waals surface area contributed by atoms with Gasteiger partial charge in [-0.1, -0.05) is 46.8 Å². The van der Waals surface area contributed by atoms with E-state index in [-0.39, 0.29) is 17.8 Å². The summed E-state index contributed by atoms with van der Waals surface area (Å²) < 4.78 is 17.1. The first kappa shape index (κ1) is 22.1. The number of hydrogen-bond donors (Lipinski definition) is 0. The second kappa shape index (κ2) is 10.9. The Morgan fingerprint density at radius 1 is 1.08 bits per heavy atom. The fourth-order valence-electron chi connectivity index (χ4n) is 2.28. The highest BCUT2D eigenvalue weighted by atomic mass is 31.2. The lowest BCUT2D eigenvalue weighted by Crippen LogP contribution is -2.17. The van der Waals surface area contributed by atoms with E-state index in [0.717, 1.165) is 30.1 Å². The average Bonchev–Trinajstić information content (AvgIpc) is 2.51. The van der Waals surface area contributed by atoms with Crippen molar-refractivity contribution in [1.29, 1.82) is 0 Å². The largest absolute Gasteiger partial charge is 0.426 e. The maximum Gasteiger partial charge on any atom is 0.313 e. The molecule has 0 radical (unpaired) electrons. The van der Waals surface area contributed by atoms with Crippen LogP contribution in [0.4, 0.5) is 0 Å². The van der Waals surface area contributed by atoms with Crippen molar-refractivity contribution in [3.8, 4) is 5.75 Å². The third kappa shape index (κ3) is 8.31. The van der Waals surface area contributed by atoms with Crippen LogP contribution in [0.1, 0.15) is 65.0 Å². The molecule has 0 aliphatic heterocycles. The minimum atomic E-state index is -0.894. The number of carbonyl (C=O) groups excluding carboxylic acids is 1. The van der Waals surface area contributed by atoms with Gasteiger partial charge in [0.15, 0.2) is 8.38 Å². The molecule has 25 heavy (non-hydrogen) atoms. The number of aryl methyl sites for hydroxylation is 1. The molecule has 4 nitrogen and oxygen atoms in total. The normalized spacial score (nSPS) is 12.9. The van der Waals surface area contributed by atoms with E-state index in [0.29, 0.717) is 19.0 Å². The maximum absolute atomic E-state index is 12.2. The van der Waals surface area contributed by atoms with E-state index in [4.69, 9.17) is 13.8 Å². The molecule has 1 rings (SSSR count). The van der Waals surface area contributed by atoms with Gasteiger partial charge in [0.25, 0.3) is 0 Å². The molecule has 1 atom stereocenters. The first-order valence-electron chi connectivity index (χ1n) is 9.13. The van der Waals surface area contributed by atoms with E-state index in [1.54, 1.807) is 0 Å². The summed E-state index contributed by atoms with van der Waals surface area (Å²) in [6, 6.07) is 6.01. The lowest BCUT2D eigenvalue weighted by molar-refractivity contribution is -0.135. The summed E-state index contributed by atoms with van der Waals surface area (Å²) in [4.78, 5) is 12.2. The predicted molar refractivity (Wildman–Crippen MR) is 104 cm³/mol. The van der Waals surface area contributed by atoms with E-state index in [2.05, 4.69) is 34.6 Å². The molecule has 0 bridgehead atoms. The van der Waals surface area contributed by atoms with Crippen molar-refractivity contribution in [2.24, 2.45) is 0 Å². The van der Waals surface area contributed by atoms with Crippen molar-refractivity contribution < 1.29 is 18.6 Å². The summed E-state index contributed by atoms with van der Waals surface area (Å²) >= 11 is 0. The Kier molecular flexibility index (Phi) is 9.63. The summed E-state index contributed by atoms with van der Waals surface area (Å²) in [5.41, 5.74) is 2.03. The molecule has 0 aliphatic carbocycles. The quantitative estimate of drug-likeness (QED) is 0.299. The zero-order valence-electron chi connectivity index (χ0n) is 16.6. The van der Waals surface area contributed by atoms with Crippen LogP contribution < -0.4 is 4.74 Å². The number of hydrogen-bond acceptors (Lipinski definition) is 4. The smallest absolute Gasteiger partial charge is 0.313 e. The van der Waals surface area contributed by atoms with Crippen LogP contribution in [0, 0.1) is 6.92 Å². The van der Waals surface area contributed by atoms with Gasteiger partial charge in [-0.15, -0.1) is 0 Å². The Morgan fingerprint density at radius 3 is 2.36 bits per heavy atom. The Hall–Kier alpha value is -0.960. The fraction of sp³-hybridized carbons (Fsp3) is 0.650. The van der Waals surface area contributed by atoms with Crippen LogP contribution in [-0.2, 0) is 19.3 Å². The predicted octanol–water partition coefficient (Wildman–Crippen LogP) is 5.75. The van der Waals surface area contributed by atoms with Gasteiger partial charge in [-0.05, 0) is 36.8 Å². The molecule has 0 amide bonds. The van der Waals surface area contributed by atoms with Crippen LogP contribution in [0.3, 0.4) is 0 Å². The van der Waals surface area contributed by atoms with Gasteiger partial charge in [0, 0.05) is 11.7 Å². The van der Waals surface area contributed by atoms with Crippen LogP contribution in [-0.4, -0.2) is 25.3 Å². The molecule has 0 aromatic heterocycles. The summed E-state index contributed by atoms with van der Waals surface area (Å²) in [5, 5.41) is 0. The van der Waals surface area contributed by atoms with Gasteiger partial charge in [0.05, 0.1) is 19.6 Å². The summed E-state index contributed by atoms with van der Waals surface area (Å²) in [7, 11) is -0.894. The van der Waals surface area contributed by atoms with Gasteiger partial charge in [0.1, 0.15) is 5.75 Å². The molecule has 5 heteroatoms. The topological polar surface area (TPSA) is 44.8 Å². The number of esters is 1. The molecule has 142 valence electrons. The van der Waals surface area contributed by atoms with Gasteiger partial charge < -0.3 is 13.8 Å². The second-order valence-corrected chi connectivity index (χ2v) is 8.83. The van der Waals surface area contributed by atoms with Gasteiger partial charge in [-0.2, -0.15) is 0 Å². The molecule has 0 spiro atoms. The standard InChI is InChI=1S/C20H33O4P/c1-7-12-22-25(14-8-2)23-13-11-19(21)24-18-15-16(3)9-10-17(18)20(4,5)6/h9-10,15H,7-8,11-14H2,1-6H3. The molecule has 1 aromatic rings. The minimum Gasteiger partial charge on any atom is -0.426 e. The second-order valence-electron chi connectivity index (χ2n) is 7.20. The van der Waals surface area contributed by atoms with Crippen molar-refractivity contribution >= 4 is 14.3 Å². The van der Waals surface area contributed by atoms with Crippen LogP contribution >= 0.6 is 8.38 Å². The highest BCUT2D eigenvalue weighted by Crippen LogP contribution is 2.39. The summed E-state index contributed by atoms with van der Waals surface area (Å²) in [6.45, 7) is 13.6. The van der Waals surface area contributed by atoms with Crippen molar-refractivity contribution in [1.82, 2.24) is 0 Å². The highest BCUT2D eigenvalue weighted by molar-refractivity contribution is 7.47. The third-order valence-electron chi connectivity index (χ3n) is 3.56. The molecule has 0 heterocycles. The van der Waals surface area contributed by atoms with Crippen LogP contribution in [0.2, 0.25) is 0 Å². The average molecular weight is 368 g/mol. The highest BCUT2D eigenvalue weighted by Gasteiger charge is 2.21. The van der Waals surface area contributed by atoms with Gasteiger partial charge in [-0.3, -0.25) is 4.79 Å². The van der Waals surface area contributed by atoms with Gasteiger partial charge in [-0.25, -0.2) is 0 Å². The van der Waals surface area contributed by atoms with Crippen LogP contribution in [0.15, 0.2) is 18.2 Å². The molecule has 1 aromatic carbocycles. The molecule has 0 aliphatic rings. The first-order chi connectivity index (χ1) is 11.8. The van der Waals surface area contributed by atoms with E-state index in [9.17, 15) is 4.79 Å². The SMILES string of the molecule is CCCOP(CCC)OCCC(=O)Oc1cc(C)ccc1C(C)(C)C. The fourth-order valence-corrected chi connectivity index (χ4v) is 3.66. The van der Waals surface area contributed by atoms with E-state index in [1.807, 2.05) is 25.1 Å². The first-order valence-corrected chi connectivity index (χ1v) is 10.5. The Balaban J connectivity index is 2.58. The zero-order valence-corrected chi connectivity index (χ0v) is 17.4. The number of ether oxygens (including phenoxy) is 1. The van der Waals surface area contributed by atoms with Gasteiger partial charge in [0.2, 0.25) is 0 Å². The van der Waals surface area contributed by atoms with Crippen molar-refractivity contribution in [2.45, 2.75) is 66.2 Å². The molecule has 0 fully saturated rings. The minimum absolute atomic E-state index is 0.0801. The lowest BCUT2D eigenvalue weighted by atomic mass is 9.86. The van der Waals surface area contributed by atoms with Gasteiger partial charge >= 0.3 is 5.97 Å². The number of rotatable bonds is 10. The van der Waals surface area contributed by atoms with Crippen molar-refractivity contribution in [3.63, 3.8) is 0 Å². The van der Waals surface area contributed by atoms with Crippen LogP contribution in [0.25, 0.3) is 0 Å². The summed E-state index contributed by atoms with van der Waals surface area (Å²) in [6.07, 6.45) is 3.11. The number of carbonyl (C=O) groups is 1. The van der Waals surface area contributed by atoms with Crippen molar-refractivity contribution in [2.75, 3.05) is 19.4 Å². The molecule has 0 N–H and O–H groups in total. The maximum atomic E-state index is 12.2. The zero-order chi connectivity index (χ0) is 18.9. The monoisotopic (exact) mass is 368 g/mol. The molecule has 0 saturated heterocycles. The molecule has 1 unspecified atom stereocenters. The Labute approximate surface area is 154 Å². The molecular formula is C20H33O4P. The lowest BCUT2D eigenvalue weighted by Gasteiger charge is -2.22. The van der Waals surface area contributed by atoms with Crippen molar-refractivity contribution in [3.05, 3.63) is 29.3 Å². The van der Waals surface area contributed by atoms with E-state index >= 15 is 0 Å². The molecule has 0 saturated carbocycles. The Morgan fingerprint density at radius 2 is 1.76 bits per heavy atom. The van der Waals surface area contributed by atoms with E-state index in [1.165, 1.54) is 0 Å². The Bertz CT molecular complexity index is 537. The van der Waals surface area contributed by atoms with Crippen LogP contribution in [0.5, 0.6) is 5.75 Å².